The van der Waals surface area contributed by atoms with Crippen molar-refractivity contribution in [1.82, 2.24) is 0 Å². The second-order valence-electron chi connectivity index (χ2n) is 5.70. The summed E-state index contributed by atoms with van der Waals surface area (Å²) in [6, 6.07) is 0. The highest BCUT2D eigenvalue weighted by Crippen LogP contribution is 2.51. The van der Waals surface area contributed by atoms with Crippen molar-refractivity contribution in [3.8, 4) is 0 Å². The summed E-state index contributed by atoms with van der Waals surface area (Å²) >= 11 is 0. The van der Waals surface area contributed by atoms with E-state index in [0.717, 1.165) is 18.1 Å². The third kappa shape index (κ3) is 1.81. The predicted molar refractivity (Wildman–Crippen MR) is 68.1 cm³/mol. The van der Waals surface area contributed by atoms with Crippen molar-refractivity contribution in [3.05, 3.63) is 23.5 Å². The van der Waals surface area contributed by atoms with Crippen LogP contribution in [0.25, 0.3) is 0 Å². The molecule has 0 saturated carbocycles. The molecule has 0 radical (unpaired) electrons. The average Bonchev–Trinajstić information content (AvgIpc) is 2.73. The molecule has 0 aromatic carbocycles. The first-order valence-corrected chi connectivity index (χ1v) is 6.71. The van der Waals surface area contributed by atoms with E-state index in [9.17, 15) is 0 Å². The van der Waals surface area contributed by atoms with Gasteiger partial charge in [0.25, 0.3) is 0 Å². The van der Waals surface area contributed by atoms with Crippen molar-refractivity contribution in [3.63, 3.8) is 0 Å². The maximum absolute atomic E-state index is 6.01. The Kier molecular flexibility index (Phi) is 3.14. The van der Waals surface area contributed by atoms with E-state index in [1.807, 2.05) is 0 Å². The van der Waals surface area contributed by atoms with Gasteiger partial charge in [0, 0.05) is 5.41 Å². The monoisotopic (exact) mass is 220 g/mol. The molecule has 0 amide bonds. The van der Waals surface area contributed by atoms with Gasteiger partial charge in [0.05, 0.1) is 0 Å². The fraction of sp³-hybridized carbons (Fsp3) is 0.733. The first-order valence-electron chi connectivity index (χ1n) is 6.71. The minimum absolute atomic E-state index is 0.304. The van der Waals surface area contributed by atoms with Crippen molar-refractivity contribution >= 4 is 0 Å². The summed E-state index contributed by atoms with van der Waals surface area (Å²) in [6.07, 6.45) is 9.90. The number of fused-ring (bicyclic) bond motifs is 2. The maximum atomic E-state index is 6.01. The SMILES string of the molecule is CCCC1(CC(C)C)C=C2C=C(CC)C1O2. The Balaban J connectivity index is 2.24. The number of hydrogen-bond acceptors (Lipinski definition) is 1. The van der Waals surface area contributed by atoms with E-state index < -0.39 is 0 Å². The number of rotatable bonds is 5. The molecule has 2 unspecified atom stereocenters. The lowest BCUT2D eigenvalue weighted by Crippen LogP contribution is -2.33. The molecule has 90 valence electrons. The fourth-order valence-corrected chi connectivity index (χ4v) is 3.41. The quantitative estimate of drug-likeness (QED) is 0.665. The Hall–Kier alpha value is -0.720. The molecule has 0 aromatic rings. The van der Waals surface area contributed by atoms with Gasteiger partial charge in [-0.25, -0.2) is 0 Å². The predicted octanol–water partition coefficient (Wildman–Crippen LogP) is 4.45. The van der Waals surface area contributed by atoms with Gasteiger partial charge in [-0.15, -0.1) is 0 Å². The lowest BCUT2D eigenvalue weighted by molar-refractivity contribution is 0.0839. The van der Waals surface area contributed by atoms with Gasteiger partial charge in [-0.2, -0.15) is 0 Å². The van der Waals surface area contributed by atoms with E-state index in [1.165, 1.54) is 24.8 Å². The molecular formula is C15H24O. The summed E-state index contributed by atoms with van der Waals surface area (Å²) in [5, 5.41) is 0. The molecule has 0 saturated heterocycles. The first-order chi connectivity index (χ1) is 7.61. The number of hydrogen-bond donors (Lipinski definition) is 0. The standard InChI is InChI=1S/C15H24O/c1-5-7-15(9-11(3)4)10-13-8-12(6-2)14(15)16-13/h8,10-11,14H,5-7,9H2,1-4H3. The molecule has 2 heterocycles. The molecule has 0 fully saturated rings. The maximum Gasteiger partial charge on any atom is 0.129 e. The summed E-state index contributed by atoms with van der Waals surface area (Å²) < 4.78 is 6.01. The van der Waals surface area contributed by atoms with Crippen molar-refractivity contribution in [2.75, 3.05) is 0 Å². The van der Waals surface area contributed by atoms with Crippen LogP contribution in [0.5, 0.6) is 0 Å². The summed E-state index contributed by atoms with van der Waals surface area (Å²) in [5.41, 5.74) is 1.81. The van der Waals surface area contributed by atoms with Gasteiger partial charge in [-0.1, -0.05) is 34.1 Å². The van der Waals surface area contributed by atoms with Crippen LogP contribution in [0.2, 0.25) is 0 Å². The number of ether oxygens (including phenoxy) is 1. The van der Waals surface area contributed by atoms with Crippen LogP contribution >= 0.6 is 0 Å². The highest BCUT2D eigenvalue weighted by atomic mass is 16.5. The van der Waals surface area contributed by atoms with E-state index in [0.29, 0.717) is 11.5 Å². The minimum Gasteiger partial charge on any atom is -0.485 e. The van der Waals surface area contributed by atoms with Crippen molar-refractivity contribution in [2.45, 2.75) is 59.5 Å². The van der Waals surface area contributed by atoms with Gasteiger partial charge >= 0.3 is 0 Å². The van der Waals surface area contributed by atoms with Crippen molar-refractivity contribution < 1.29 is 4.74 Å². The molecule has 0 spiro atoms. The third-order valence-corrected chi connectivity index (χ3v) is 3.78. The Morgan fingerprint density at radius 3 is 2.62 bits per heavy atom. The zero-order valence-corrected chi connectivity index (χ0v) is 11.0. The molecule has 2 atom stereocenters. The van der Waals surface area contributed by atoms with E-state index in [2.05, 4.69) is 39.8 Å². The molecule has 0 N–H and O–H groups in total. The third-order valence-electron chi connectivity index (χ3n) is 3.78. The lowest BCUT2D eigenvalue weighted by Gasteiger charge is -2.35. The second kappa shape index (κ2) is 4.27. The molecule has 2 aliphatic rings. The fourth-order valence-electron chi connectivity index (χ4n) is 3.41. The van der Waals surface area contributed by atoms with Gasteiger partial charge in [0.15, 0.2) is 0 Å². The van der Waals surface area contributed by atoms with E-state index in [1.54, 1.807) is 0 Å². The minimum atomic E-state index is 0.304. The smallest absolute Gasteiger partial charge is 0.129 e. The molecule has 16 heavy (non-hydrogen) atoms. The summed E-state index contributed by atoms with van der Waals surface area (Å²) in [4.78, 5) is 0. The zero-order valence-electron chi connectivity index (χ0n) is 11.0. The second-order valence-corrected chi connectivity index (χ2v) is 5.70. The largest absolute Gasteiger partial charge is 0.485 e. The molecule has 0 aromatic heterocycles. The topological polar surface area (TPSA) is 9.23 Å². The van der Waals surface area contributed by atoms with Gasteiger partial charge in [-0.3, -0.25) is 0 Å². The van der Waals surface area contributed by atoms with Crippen LogP contribution in [0.3, 0.4) is 0 Å². The van der Waals surface area contributed by atoms with Gasteiger partial charge < -0.3 is 4.74 Å². The normalized spacial score (nSPS) is 31.7. The van der Waals surface area contributed by atoms with Crippen LogP contribution in [0.4, 0.5) is 0 Å². The van der Waals surface area contributed by atoms with Gasteiger partial charge in [-0.05, 0) is 42.9 Å². The average molecular weight is 220 g/mol. The van der Waals surface area contributed by atoms with Crippen LogP contribution in [0, 0.1) is 11.3 Å². The van der Waals surface area contributed by atoms with Gasteiger partial charge in [0.1, 0.15) is 11.9 Å². The Bertz CT molecular complexity index is 324. The van der Waals surface area contributed by atoms with Crippen molar-refractivity contribution in [2.24, 2.45) is 11.3 Å². The Labute approximate surface area is 99.6 Å². The van der Waals surface area contributed by atoms with Crippen LogP contribution in [0.1, 0.15) is 53.4 Å². The lowest BCUT2D eigenvalue weighted by atomic mass is 9.69. The molecule has 2 aliphatic heterocycles. The summed E-state index contributed by atoms with van der Waals surface area (Å²) in [5.74, 6) is 1.88. The van der Waals surface area contributed by atoms with Crippen LogP contribution < -0.4 is 0 Å². The highest BCUT2D eigenvalue weighted by Gasteiger charge is 2.47. The molecule has 2 bridgehead atoms. The molecule has 0 aliphatic carbocycles. The van der Waals surface area contributed by atoms with E-state index in [-0.39, 0.29) is 0 Å². The van der Waals surface area contributed by atoms with Crippen LogP contribution in [-0.4, -0.2) is 6.10 Å². The molecule has 1 nitrogen and oxygen atoms in total. The van der Waals surface area contributed by atoms with E-state index in [4.69, 9.17) is 4.74 Å². The number of allylic oxidation sites excluding steroid dienone is 1. The molecule has 2 rings (SSSR count). The van der Waals surface area contributed by atoms with Gasteiger partial charge in [0.2, 0.25) is 0 Å². The summed E-state index contributed by atoms with van der Waals surface area (Å²) in [6.45, 7) is 9.15. The highest BCUT2D eigenvalue weighted by molar-refractivity contribution is 5.39. The molecular weight excluding hydrogens is 196 g/mol. The Morgan fingerprint density at radius 2 is 2.12 bits per heavy atom. The summed E-state index contributed by atoms with van der Waals surface area (Å²) in [7, 11) is 0. The van der Waals surface area contributed by atoms with Crippen LogP contribution in [-0.2, 0) is 4.74 Å². The zero-order chi connectivity index (χ0) is 11.8. The van der Waals surface area contributed by atoms with Crippen LogP contribution in [0.15, 0.2) is 23.5 Å². The van der Waals surface area contributed by atoms with Crippen molar-refractivity contribution in [1.29, 1.82) is 0 Å². The first kappa shape index (κ1) is 11.8. The van der Waals surface area contributed by atoms with E-state index >= 15 is 0 Å². The Morgan fingerprint density at radius 1 is 1.38 bits per heavy atom. The molecule has 1 heteroatoms.